The van der Waals surface area contributed by atoms with Crippen LogP contribution in [0.2, 0.25) is 0 Å². The molecule has 15 heavy (non-hydrogen) atoms. The summed E-state index contributed by atoms with van der Waals surface area (Å²) in [5.41, 5.74) is 3.77. The van der Waals surface area contributed by atoms with Crippen LogP contribution in [0.3, 0.4) is 0 Å². The number of hydrogen-bond donors (Lipinski definition) is 1. The topological polar surface area (TPSA) is 37.3 Å². The maximum absolute atomic E-state index is 11.4. The van der Waals surface area contributed by atoms with E-state index in [9.17, 15) is 4.79 Å². The van der Waals surface area contributed by atoms with Crippen molar-refractivity contribution >= 4 is 5.78 Å². The summed E-state index contributed by atoms with van der Waals surface area (Å²) in [6.07, 6.45) is 2.56. The lowest BCUT2D eigenvalue weighted by Gasteiger charge is -2.09. The lowest BCUT2D eigenvalue weighted by atomic mass is 9.96. The Balaban J connectivity index is 3.22. The molecule has 1 aromatic rings. The Hall–Kier alpha value is -1.41. The maximum atomic E-state index is 11.4. The molecule has 0 aliphatic heterocycles. The molecule has 1 aromatic carbocycles. The van der Waals surface area contributed by atoms with Crippen LogP contribution in [0.1, 0.15) is 27.0 Å². The van der Waals surface area contributed by atoms with Gasteiger partial charge in [-0.05, 0) is 43.0 Å². The van der Waals surface area contributed by atoms with Crippen molar-refractivity contribution in [2.75, 3.05) is 6.61 Å². The van der Waals surface area contributed by atoms with E-state index in [1.165, 1.54) is 0 Å². The van der Waals surface area contributed by atoms with E-state index in [4.69, 9.17) is 5.11 Å². The van der Waals surface area contributed by atoms with Gasteiger partial charge in [0.15, 0.2) is 5.78 Å². The molecule has 2 nitrogen and oxygen atoms in total. The minimum Gasteiger partial charge on any atom is -0.388 e. The number of rotatable bonds is 4. The smallest absolute Gasteiger partial charge is 0.188 e. The first-order valence-electron chi connectivity index (χ1n) is 4.95. The molecule has 0 radical (unpaired) electrons. The summed E-state index contributed by atoms with van der Waals surface area (Å²) in [6.45, 7) is 7.14. The predicted octanol–water partition coefficient (Wildman–Crippen LogP) is 2.21. The summed E-state index contributed by atoms with van der Waals surface area (Å²) in [7, 11) is 0. The lowest BCUT2D eigenvalue weighted by Crippen LogP contribution is -2.08. The van der Waals surface area contributed by atoms with E-state index in [0.29, 0.717) is 5.56 Å². The van der Waals surface area contributed by atoms with Gasteiger partial charge in [-0.1, -0.05) is 12.1 Å². The number of Topliss-reactive ketones (excluding diaryl/α,β-unsaturated/α-hetero) is 1. The fourth-order valence-corrected chi connectivity index (χ4v) is 1.66. The van der Waals surface area contributed by atoms with Gasteiger partial charge in [-0.25, -0.2) is 0 Å². The Labute approximate surface area is 90.3 Å². The summed E-state index contributed by atoms with van der Waals surface area (Å²) in [6, 6.07) is 3.83. The molecular weight excluding hydrogens is 188 g/mol. The number of carbonyl (C=O) groups excluding carboxylic acids is 1. The van der Waals surface area contributed by atoms with Gasteiger partial charge in [0.25, 0.3) is 0 Å². The van der Waals surface area contributed by atoms with Crippen LogP contribution < -0.4 is 0 Å². The molecule has 0 amide bonds. The highest BCUT2D eigenvalue weighted by molar-refractivity contribution is 5.98. The van der Waals surface area contributed by atoms with Crippen LogP contribution in [0.15, 0.2) is 24.8 Å². The van der Waals surface area contributed by atoms with E-state index >= 15 is 0 Å². The van der Waals surface area contributed by atoms with E-state index in [0.717, 1.165) is 23.1 Å². The SMILES string of the molecule is C=CCc1cc(C(=O)CO)c(C)cc1C. The van der Waals surface area contributed by atoms with E-state index < -0.39 is 6.61 Å². The zero-order valence-corrected chi connectivity index (χ0v) is 9.21. The first-order valence-corrected chi connectivity index (χ1v) is 4.95. The Morgan fingerprint density at radius 2 is 2.07 bits per heavy atom. The van der Waals surface area contributed by atoms with Crippen molar-refractivity contribution in [2.24, 2.45) is 0 Å². The number of hydrogen-bond acceptors (Lipinski definition) is 2. The summed E-state index contributed by atoms with van der Waals surface area (Å²) >= 11 is 0. The lowest BCUT2D eigenvalue weighted by molar-refractivity contribution is 0.0903. The van der Waals surface area contributed by atoms with Crippen molar-refractivity contribution in [1.29, 1.82) is 0 Å². The number of ketones is 1. The van der Waals surface area contributed by atoms with Gasteiger partial charge < -0.3 is 5.11 Å². The molecule has 0 aliphatic rings. The summed E-state index contributed by atoms with van der Waals surface area (Å²) < 4.78 is 0. The monoisotopic (exact) mass is 204 g/mol. The third-order valence-corrected chi connectivity index (χ3v) is 2.49. The second-order valence-electron chi connectivity index (χ2n) is 3.67. The van der Waals surface area contributed by atoms with Gasteiger partial charge in [-0.15, -0.1) is 6.58 Å². The van der Waals surface area contributed by atoms with Gasteiger partial charge in [0.1, 0.15) is 6.61 Å². The van der Waals surface area contributed by atoms with Gasteiger partial charge in [-0.3, -0.25) is 4.79 Å². The van der Waals surface area contributed by atoms with Crippen molar-refractivity contribution < 1.29 is 9.90 Å². The molecule has 0 aromatic heterocycles. The number of aliphatic hydroxyl groups is 1. The van der Waals surface area contributed by atoms with Crippen LogP contribution in [-0.4, -0.2) is 17.5 Å². The van der Waals surface area contributed by atoms with Crippen molar-refractivity contribution in [2.45, 2.75) is 20.3 Å². The third kappa shape index (κ3) is 2.54. The van der Waals surface area contributed by atoms with Crippen LogP contribution in [0.25, 0.3) is 0 Å². The standard InChI is InChI=1S/C13H16O2/c1-4-5-11-7-12(13(15)8-14)10(3)6-9(11)2/h4,6-7,14H,1,5,8H2,2-3H3. The number of benzene rings is 1. The van der Waals surface area contributed by atoms with Gasteiger partial charge >= 0.3 is 0 Å². The van der Waals surface area contributed by atoms with Gasteiger partial charge in [0, 0.05) is 5.56 Å². The van der Waals surface area contributed by atoms with Crippen molar-refractivity contribution in [1.82, 2.24) is 0 Å². The van der Waals surface area contributed by atoms with Crippen LogP contribution in [0, 0.1) is 13.8 Å². The fraction of sp³-hybridized carbons (Fsp3) is 0.308. The minimum atomic E-state index is -0.433. The van der Waals surface area contributed by atoms with Gasteiger partial charge in [0.2, 0.25) is 0 Å². The molecule has 0 bridgehead atoms. The molecule has 1 rings (SSSR count). The average Bonchev–Trinajstić information content (AvgIpc) is 2.21. The highest BCUT2D eigenvalue weighted by Crippen LogP contribution is 2.17. The Morgan fingerprint density at radius 3 is 2.60 bits per heavy atom. The molecular formula is C13H16O2. The number of carbonyl (C=O) groups is 1. The second-order valence-corrected chi connectivity index (χ2v) is 3.67. The van der Waals surface area contributed by atoms with Gasteiger partial charge in [-0.2, -0.15) is 0 Å². The number of aliphatic hydroxyl groups excluding tert-OH is 1. The minimum absolute atomic E-state index is 0.224. The van der Waals surface area contributed by atoms with E-state index in [1.54, 1.807) is 0 Å². The van der Waals surface area contributed by atoms with E-state index in [1.807, 2.05) is 32.1 Å². The highest BCUT2D eigenvalue weighted by atomic mass is 16.3. The molecule has 2 heteroatoms. The highest BCUT2D eigenvalue weighted by Gasteiger charge is 2.10. The summed E-state index contributed by atoms with van der Waals surface area (Å²) in [4.78, 5) is 11.4. The molecule has 0 aliphatic carbocycles. The third-order valence-electron chi connectivity index (χ3n) is 2.49. The molecule has 80 valence electrons. The Morgan fingerprint density at radius 1 is 1.40 bits per heavy atom. The van der Waals surface area contributed by atoms with Gasteiger partial charge in [0.05, 0.1) is 0 Å². The van der Waals surface area contributed by atoms with Crippen LogP contribution in [-0.2, 0) is 6.42 Å². The van der Waals surface area contributed by atoms with Crippen molar-refractivity contribution in [3.63, 3.8) is 0 Å². The van der Waals surface area contributed by atoms with Crippen molar-refractivity contribution in [3.8, 4) is 0 Å². The zero-order valence-electron chi connectivity index (χ0n) is 9.21. The van der Waals surface area contributed by atoms with Crippen LogP contribution in [0.4, 0.5) is 0 Å². The van der Waals surface area contributed by atoms with E-state index in [-0.39, 0.29) is 5.78 Å². The van der Waals surface area contributed by atoms with E-state index in [2.05, 4.69) is 6.58 Å². The number of aryl methyl sites for hydroxylation is 2. The molecule has 0 unspecified atom stereocenters. The Kier molecular flexibility index (Phi) is 3.81. The first-order chi connectivity index (χ1) is 7.10. The zero-order chi connectivity index (χ0) is 11.4. The average molecular weight is 204 g/mol. The maximum Gasteiger partial charge on any atom is 0.188 e. The molecule has 0 heterocycles. The summed E-state index contributed by atoms with van der Waals surface area (Å²) in [5, 5.41) is 8.83. The van der Waals surface area contributed by atoms with Crippen molar-refractivity contribution in [3.05, 3.63) is 47.0 Å². The molecule has 1 N–H and O–H groups in total. The summed E-state index contributed by atoms with van der Waals surface area (Å²) in [5.74, 6) is -0.224. The molecule has 0 spiro atoms. The molecule has 0 saturated carbocycles. The normalized spacial score (nSPS) is 10.1. The fourth-order valence-electron chi connectivity index (χ4n) is 1.66. The van der Waals surface area contributed by atoms with Crippen LogP contribution in [0.5, 0.6) is 0 Å². The molecule has 0 atom stereocenters. The second kappa shape index (κ2) is 4.89. The molecule has 0 saturated heterocycles. The van der Waals surface area contributed by atoms with Crippen LogP contribution >= 0.6 is 0 Å². The predicted molar refractivity (Wildman–Crippen MR) is 61.2 cm³/mol. The largest absolute Gasteiger partial charge is 0.388 e. The first kappa shape index (κ1) is 11.7. The quantitative estimate of drug-likeness (QED) is 0.603. The number of allylic oxidation sites excluding steroid dienone is 1. The Bertz CT molecular complexity index is 392. The molecule has 0 fully saturated rings.